The van der Waals surface area contributed by atoms with E-state index in [-0.39, 0.29) is 9.28 Å². The van der Waals surface area contributed by atoms with Crippen LogP contribution in [0.25, 0.3) is 0 Å². The van der Waals surface area contributed by atoms with Crippen LogP contribution >= 0.6 is 0 Å². The molecule has 2 nitrogen and oxygen atoms in total. The highest BCUT2D eigenvalue weighted by Crippen LogP contribution is 2.17. The molecule has 0 amide bonds. The summed E-state index contributed by atoms with van der Waals surface area (Å²) in [4.78, 5) is 0. The molecule has 0 saturated carbocycles. The standard InChI is InChI=1S/C9H29BO2Si4/c1-6-10(7-2)8-9-16(5,11-13)14-12-15(3)4/h15H,6-9,14H2,1-5,13H3. The maximum Gasteiger partial charge on any atom is 0.185 e. The molecule has 7 heteroatoms. The first kappa shape index (κ1) is 16.9. The summed E-state index contributed by atoms with van der Waals surface area (Å²) in [7, 11) is -1.65. The van der Waals surface area contributed by atoms with E-state index in [1.165, 1.54) is 25.0 Å². The highest BCUT2D eigenvalue weighted by atomic mass is 29.2. The van der Waals surface area contributed by atoms with E-state index in [1.807, 2.05) is 0 Å². The summed E-state index contributed by atoms with van der Waals surface area (Å²) in [5.74, 6) is 0. The minimum absolute atomic E-state index is 0.364. The highest BCUT2D eigenvalue weighted by molar-refractivity contribution is 7.20. The van der Waals surface area contributed by atoms with E-state index >= 15 is 0 Å². The lowest BCUT2D eigenvalue weighted by Gasteiger charge is -2.27. The Morgan fingerprint density at radius 1 is 1.31 bits per heavy atom. The summed E-state index contributed by atoms with van der Waals surface area (Å²) in [6, 6.07) is 1.34. The fourth-order valence-electron chi connectivity index (χ4n) is 1.78. The molecular formula is C9H29BO2Si4. The maximum atomic E-state index is 6.03. The predicted octanol–water partition coefficient (Wildman–Crippen LogP) is 0.974. The van der Waals surface area contributed by atoms with E-state index in [0.29, 0.717) is 0 Å². The van der Waals surface area contributed by atoms with Gasteiger partial charge in [0, 0.05) is 0 Å². The van der Waals surface area contributed by atoms with Crippen molar-refractivity contribution in [2.45, 2.75) is 58.5 Å². The molecule has 1 atom stereocenters. The van der Waals surface area contributed by atoms with Crippen LogP contribution in [0.4, 0.5) is 0 Å². The van der Waals surface area contributed by atoms with Gasteiger partial charge in [0.25, 0.3) is 0 Å². The monoisotopic (exact) mass is 292 g/mol. The van der Waals surface area contributed by atoms with Crippen LogP contribution in [0.2, 0.25) is 44.6 Å². The van der Waals surface area contributed by atoms with Crippen LogP contribution in [-0.4, -0.2) is 43.4 Å². The van der Waals surface area contributed by atoms with Crippen LogP contribution in [0.3, 0.4) is 0 Å². The zero-order valence-corrected chi connectivity index (χ0v) is 17.6. The fraction of sp³-hybridized carbons (Fsp3) is 1.00. The zero-order valence-electron chi connectivity index (χ0n) is 12.0. The van der Waals surface area contributed by atoms with Gasteiger partial charge in [-0.15, -0.1) is 0 Å². The van der Waals surface area contributed by atoms with Gasteiger partial charge in [-0.1, -0.05) is 32.8 Å². The summed E-state index contributed by atoms with van der Waals surface area (Å²) in [6.07, 6.45) is 4.01. The lowest BCUT2D eigenvalue weighted by Crippen LogP contribution is -2.45. The molecule has 1 unspecified atom stereocenters. The molecule has 0 bridgehead atoms. The van der Waals surface area contributed by atoms with Crippen molar-refractivity contribution in [3.8, 4) is 0 Å². The number of rotatable bonds is 9. The highest BCUT2D eigenvalue weighted by Gasteiger charge is 2.29. The Morgan fingerprint density at radius 2 is 1.88 bits per heavy atom. The third kappa shape index (κ3) is 7.23. The Balaban J connectivity index is 4.04. The first-order chi connectivity index (χ1) is 7.47. The van der Waals surface area contributed by atoms with Crippen molar-refractivity contribution in [3.05, 3.63) is 0 Å². The van der Waals surface area contributed by atoms with Gasteiger partial charge in [0.15, 0.2) is 26.2 Å². The molecule has 0 aromatic heterocycles. The molecular weight excluding hydrogens is 263 g/mol. The van der Waals surface area contributed by atoms with Crippen LogP contribution in [-0.2, 0) is 8.23 Å². The fourth-order valence-corrected chi connectivity index (χ4v) is 15.3. The van der Waals surface area contributed by atoms with Gasteiger partial charge in [-0.05, 0) is 25.7 Å². The van der Waals surface area contributed by atoms with Crippen molar-refractivity contribution in [2.24, 2.45) is 0 Å². The minimum atomic E-state index is -1.37. The van der Waals surface area contributed by atoms with Crippen molar-refractivity contribution < 1.29 is 8.23 Å². The molecule has 0 fully saturated rings. The predicted molar refractivity (Wildman–Crippen MR) is 87.5 cm³/mol. The van der Waals surface area contributed by atoms with E-state index in [1.54, 1.807) is 0 Å². The second-order valence-electron chi connectivity index (χ2n) is 5.23. The second kappa shape index (κ2) is 8.87. The van der Waals surface area contributed by atoms with Gasteiger partial charge in [-0.2, -0.15) is 0 Å². The molecule has 0 aliphatic heterocycles. The van der Waals surface area contributed by atoms with Crippen molar-refractivity contribution in [1.82, 2.24) is 0 Å². The summed E-state index contributed by atoms with van der Waals surface area (Å²) < 4.78 is 12.0. The molecule has 16 heavy (non-hydrogen) atoms. The van der Waals surface area contributed by atoms with Crippen LogP contribution in [0.1, 0.15) is 13.8 Å². The number of hydrogen-bond acceptors (Lipinski definition) is 2. The molecule has 0 aliphatic carbocycles. The summed E-state index contributed by atoms with van der Waals surface area (Å²) in [5.41, 5.74) is 0. The van der Waals surface area contributed by atoms with Crippen molar-refractivity contribution in [2.75, 3.05) is 0 Å². The summed E-state index contributed by atoms with van der Waals surface area (Å²) in [5, 5.41) is 0. The van der Waals surface area contributed by atoms with Gasteiger partial charge in [-0.25, -0.2) is 0 Å². The smallest absolute Gasteiger partial charge is 0.185 e. The Labute approximate surface area is 110 Å². The average Bonchev–Trinajstić information content (AvgIpc) is 2.28. The Bertz CT molecular complexity index is 181. The molecule has 0 saturated heterocycles. The van der Waals surface area contributed by atoms with E-state index < -0.39 is 16.9 Å². The van der Waals surface area contributed by atoms with Gasteiger partial charge in [0.05, 0.1) is 0 Å². The molecule has 0 aliphatic rings. The Hall–Kier alpha value is 0.852. The van der Waals surface area contributed by atoms with Gasteiger partial charge in [0.2, 0.25) is 0 Å². The molecule has 0 rings (SSSR count). The van der Waals surface area contributed by atoms with Crippen molar-refractivity contribution >= 4 is 43.4 Å². The Morgan fingerprint density at radius 3 is 2.25 bits per heavy atom. The molecule has 96 valence electrons. The van der Waals surface area contributed by atoms with Crippen LogP contribution in [0.5, 0.6) is 0 Å². The van der Waals surface area contributed by atoms with Crippen LogP contribution in [0.15, 0.2) is 0 Å². The van der Waals surface area contributed by atoms with Crippen LogP contribution in [0, 0.1) is 0 Å². The Kier molecular flexibility index (Phi) is 9.35. The zero-order chi connectivity index (χ0) is 12.6. The topological polar surface area (TPSA) is 18.5 Å². The SMILES string of the molecule is CCB(CC)CC[Si](C)(O[SiH3])[SiH2]O[SiH](C)C. The maximum absolute atomic E-state index is 6.03. The average molecular weight is 292 g/mol. The molecule has 0 aromatic rings. The molecule has 0 heterocycles. The first-order valence-electron chi connectivity index (χ1n) is 6.64. The second-order valence-corrected chi connectivity index (χ2v) is 19.3. The van der Waals surface area contributed by atoms with Crippen LogP contribution < -0.4 is 0 Å². The van der Waals surface area contributed by atoms with Crippen molar-refractivity contribution in [3.63, 3.8) is 0 Å². The van der Waals surface area contributed by atoms with E-state index in [2.05, 4.69) is 33.5 Å². The molecule has 0 N–H and O–H groups in total. The molecule has 0 spiro atoms. The van der Waals surface area contributed by atoms with Gasteiger partial charge in [-0.3, -0.25) is 0 Å². The lowest BCUT2D eigenvalue weighted by atomic mass is 9.44. The quantitative estimate of drug-likeness (QED) is 0.590. The largest absolute Gasteiger partial charge is 0.464 e. The molecule has 0 radical (unpaired) electrons. The van der Waals surface area contributed by atoms with E-state index in [9.17, 15) is 0 Å². The summed E-state index contributed by atoms with van der Waals surface area (Å²) in [6.45, 7) is 12.5. The van der Waals surface area contributed by atoms with E-state index in [4.69, 9.17) is 8.23 Å². The normalized spacial score (nSPS) is 16.1. The third-order valence-corrected chi connectivity index (χ3v) is 19.7. The molecule has 0 aromatic carbocycles. The number of hydrogen-bond donors (Lipinski definition) is 0. The van der Waals surface area contributed by atoms with Gasteiger partial charge >= 0.3 is 0 Å². The summed E-state index contributed by atoms with van der Waals surface area (Å²) >= 11 is 0. The van der Waals surface area contributed by atoms with Crippen molar-refractivity contribution in [1.29, 1.82) is 0 Å². The van der Waals surface area contributed by atoms with Gasteiger partial charge < -0.3 is 8.23 Å². The van der Waals surface area contributed by atoms with E-state index in [0.717, 1.165) is 17.2 Å². The van der Waals surface area contributed by atoms with Gasteiger partial charge in [0.1, 0.15) is 17.2 Å². The lowest BCUT2D eigenvalue weighted by molar-refractivity contribution is 0.588. The first-order valence-corrected chi connectivity index (χ1v) is 15.8. The minimum Gasteiger partial charge on any atom is -0.464 e. The third-order valence-electron chi connectivity index (χ3n) is 3.45.